The average Bonchev–Trinajstić information content (AvgIpc) is 3.55. The maximum Gasteiger partial charge on any atom is 0.0711 e. The minimum absolute atomic E-state index is 0.154. The van der Waals surface area contributed by atoms with Crippen LogP contribution >= 0.6 is 0 Å². The van der Waals surface area contributed by atoms with Gasteiger partial charge in [-0.3, -0.25) is 9.97 Å². The van der Waals surface area contributed by atoms with Crippen LogP contribution in [0, 0.1) is 0 Å². The second-order valence-electron chi connectivity index (χ2n) is 11.8. The van der Waals surface area contributed by atoms with Gasteiger partial charge in [-0.2, -0.15) is 0 Å². The van der Waals surface area contributed by atoms with E-state index in [4.69, 9.17) is 9.97 Å². The third kappa shape index (κ3) is 7.65. The van der Waals surface area contributed by atoms with Crippen molar-refractivity contribution in [1.29, 1.82) is 0 Å². The highest BCUT2D eigenvalue weighted by molar-refractivity contribution is 5.82. The van der Waals surface area contributed by atoms with Gasteiger partial charge < -0.3 is 0 Å². The van der Waals surface area contributed by atoms with Crippen molar-refractivity contribution >= 4 is 11.1 Å². The SMILES string of the molecule is C=C/C=C\C=C/C(C)c1cc(C2=CCC(c3cc(-c4ccccc4)nc(C4C=CC=CCC4)c3)=CC=C2)cc(-c2ccccc2)n1. The van der Waals surface area contributed by atoms with Crippen LogP contribution in [0.5, 0.6) is 0 Å². The Bertz CT molecular complexity index is 1880. The Kier molecular flexibility index (Phi) is 10.1. The van der Waals surface area contributed by atoms with Crippen LogP contribution in [0.1, 0.15) is 60.5 Å². The fourth-order valence-corrected chi connectivity index (χ4v) is 5.91. The van der Waals surface area contributed by atoms with Crippen LogP contribution in [0.4, 0.5) is 0 Å². The van der Waals surface area contributed by atoms with Crippen molar-refractivity contribution in [2.45, 2.75) is 38.0 Å². The fraction of sp³-hybridized carbons (Fsp3) is 0.136. The first kappa shape index (κ1) is 30.7. The van der Waals surface area contributed by atoms with E-state index >= 15 is 0 Å². The molecule has 0 bridgehead atoms. The van der Waals surface area contributed by atoms with Gasteiger partial charge in [0.25, 0.3) is 0 Å². The lowest BCUT2D eigenvalue weighted by Crippen LogP contribution is -2.02. The second-order valence-corrected chi connectivity index (χ2v) is 11.8. The summed E-state index contributed by atoms with van der Waals surface area (Å²) in [6.07, 6.45) is 30.8. The second kappa shape index (κ2) is 15.1. The third-order valence-corrected chi connectivity index (χ3v) is 8.49. The summed E-state index contributed by atoms with van der Waals surface area (Å²) in [4.78, 5) is 10.3. The average molecular weight is 597 g/mol. The number of aromatic nitrogens is 2. The van der Waals surface area contributed by atoms with Crippen LogP contribution < -0.4 is 0 Å². The molecule has 226 valence electrons. The summed E-state index contributed by atoms with van der Waals surface area (Å²) in [6, 6.07) is 30.0. The molecule has 0 radical (unpaired) electrons. The molecule has 2 unspecified atom stereocenters. The van der Waals surface area contributed by atoms with Crippen molar-refractivity contribution in [3.05, 3.63) is 193 Å². The lowest BCUT2D eigenvalue weighted by molar-refractivity contribution is 0.733. The molecule has 0 spiro atoms. The monoisotopic (exact) mass is 596 g/mol. The van der Waals surface area contributed by atoms with Crippen LogP contribution in [0.15, 0.2) is 170 Å². The van der Waals surface area contributed by atoms with Crippen LogP contribution in [-0.4, -0.2) is 9.97 Å². The first-order valence-electron chi connectivity index (χ1n) is 16.2. The molecule has 2 atom stereocenters. The number of benzene rings is 2. The number of hydrogen-bond donors (Lipinski definition) is 0. The molecule has 2 aliphatic rings. The van der Waals surface area contributed by atoms with Gasteiger partial charge in [-0.1, -0.05) is 153 Å². The van der Waals surface area contributed by atoms with Crippen molar-refractivity contribution in [2.75, 3.05) is 0 Å². The summed E-state index contributed by atoms with van der Waals surface area (Å²) >= 11 is 0. The van der Waals surface area contributed by atoms with Gasteiger partial charge in [0.1, 0.15) is 0 Å². The minimum atomic E-state index is 0.154. The maximum absolute atomic E-state index is 5.18. The van der Waals surface area contributed by atoms with Gasteiger partial charge in [-0.15, -0.1) is 0 Å². The minimum Gasteiger partial charge on any atom is -0.252 e. The first-order chi connectivity index (χ1) is 22.7. The Morgan fingerprint density at radius 2 is 1.50 bits per heavy atom. The van der Waals surface area contributed by atoms with Gasteiger partial charge in [0, 0.05) is 34.4 Å². The smallest absolute Gasteiger partial charge is 0.0711 e. The van der Waals surface area contributed by atoms with Crippen LogP contribution in [0.3, 0.4) is 0 Å². The largest absolute Gasteiger partial charge is 0.252 e. The van der Waals surface area contributed by atoms with Crippen molar-refractivity contribution in [2.24, 2.45) is 0 Å². The van der Waals surface area contributed by atoms with E-state index in [0.717, 1.165) is 53.2 Å². The molecular weight excluding hydrogens is 556 g/mol. The zero-order chi connectivity index (χ0) is 31.6. The van der Waals surface area contributed by atoms with Gasteiger partial charge >= 0.3 is 0 Å². The zero-order valence-corrected chi connectivity index (χ0v) is 26.5. The van der Waals surface area contributed by atoms with E-state index in [1.165, 1.54) is 22.3 Å². The molecule has 2 aromatic carbocycles. The molecule has 0 fully saturated rings. The Labute approximate surface area is 274 Å². The van der Waals surface area contributed by atoms with E-state index in [2.05, 4.69) is 153 Å². The van der Waals surface area contributed by atoms with E-state index in [1.807, 2.05) is 18.2 Å². The lowest BCUT2D eigenvalue weighted by Gasteiger charge is -2.16. The first-order valence-corrected chi connectivity index (χ1v) is 16.2. The summed E-state index contributed by atoms with van der Waals surface area (Å²) < 4.78 is 0. The van der Waals surface area contributed by atoms with E-state index in [1.54, 1.807) is 6.08 Å². The molecule has 0 aliphatic heterocycles. The molecule has 2 heterocycles. The molecule has 4 aromatic rings. The number of allylic oxidation sites excluding steroid dienone is 15. The van der Waals surface area contributed by atoms with Gasteiger partial charge in [0.2, 0.25) is 0 Å². The molecule has 2 aliphatic carbocycles. The zero-order valence-electron chi connectivity index (χ0n) is 26.5. The van der Waals surface area contributed by atoms with E-state index in [-0.39, 0.29) is 5.92 Å². The standard InChI is InChI=1S/C44H40N2/c1-3-4-5-10-18-33(2)41-29-39(30-42(45-41)36-21-13-8-14-22-36)34-25-17-26-35(28-27-34)40-31-43(37-19-11-6-7-12-20-37)46-44(32-40)38-23-15-9-16-24-38/h3-11,13-19,21-27,29-33,37H,1,12,20,28H2,2H3/b5-4-,18-10-. The summed E-state index contributed by atoms with van der Waals surface area (Å²) in [7, 11) is 0. The number of nitrogens with zero attached hydrogens (tertiary/aromatic N) is 2. The highest BCUT2D eigenvalue weighted by atomic mass is 14.7. The van der Waals surface area contributed by atoms with Gasteiger partial charge in [0.05, 0.1) is 11.4 Å². The number of pyridine rings is 2. The highest BCUT2D eigenvalue weighted by Crippen LogP contribution is 2.34. The van der Waals surface area contributed by atoms with E-state index in [9.17, 15) is 0 Å². The van der Waals surface area contributed by atoms with Crippen molar-refractivity contribution in [3.8, 4) is 22.5 Å². The summed E-state index contributed by atoms with van der Waals surface area (Å²) in [5, 5.41) is 0. The van der Waals surface area contributed by atoms with Crippen molar-refractivity contribution in [3.63, 3.8) is 0 Å². The van der Waals surface area contributed by atoms with Gasteiger partial charge in [-0.25, -0.2) is 0 Å². The molecule has 0 saturated carbocycles. The summed E-state index contributed by atoms with van der Waals surface area (Å²) in [5.74, 6) is 0.446. The van der Waals surface area contributed by atoms with Crippen LogP contribution in [-0.2, 0) is 0 Å². The molecule has 2 aromatic heterocycles. The van der Waals surface area contributed by atoms with Gasteiger partial charge in [0.15, 0.2) is 0 Å². The summed E-state index contributed by atoms with van der Waals surface area (Å²) in [5.41, 5.74) is 11.3. The van der Waals surface area contributed by atoms with Crippen molar-refractivity contribution in [1.82, 2.24) is 9.97 Å². The van der Waals surface area contributed by atoms with Crippen LogP contribution in [0.2, 0.25) is 0 Å². The normalized spacial score (nSPS) is 17.0. The van der Waals surface area contributed by atoms with E-state index in [0.29, 0.717) is 5.92 Å². The number of hydrogen-bond acceptors (Lipinski definition) is 2. The van der Waals surface area contributed by atoms with Crippen LogP contribution in [0.25, 0.3) is 33.7 Å². The summed E-state index contributed by atoms with van der Waals surface area (Å²) in [6.45, 7) is 5.96. The molecule has 0 amide bonds. The lowest BCUT2D eigenvalue weighted by atomic mass is 9.93. The van der Waals surface area contributed by atoms with E-state index < -0.39 is 0 Å². The molecule has 0 saturated heterocycles. The Balaban J connectivity index is 1.35. The predicted octanol–water partition coefficient (Wildman–Crippen LogP) is 11.6. The molecule has 2 nitrogen and oxygen atoms in total. The molecule has 46 heavy (non-hydrogen) atoms. The maximum atomic E-state index is 5.18. The molecule has 0 N–H and O–H groups in total. The topological polar surface area (TPSA) is 25.8 Å². The Hall–Kier alpha value is -5.34. The Morgan fingerprint density at radius 1 is 0.761 bits per heavy atom. The highest BCUT2D eigenvalue weighted by Gasteiger charge is 2.17. The fourth-order valence-electron chi connectivity index (χ4n) is 5.91. The quantitative estimate of drug-likeness (QED) is 0.180. The molecular formula is C44H40N2. The van der Waals surface area contributed by atoms with Crippen molar-refractivity contribution < 1.29 is 0 Å². The van der Waals surface area contributed by atoms with Gasteiger partial charge in [-0.05, 0) is 65.8 Å². The number of rotatable bonds is 9. The Morgan fingerprint density at radius 3 is 2.26 bits per heavy atom. The molecule has 6 rings (SSSR count). The molecule has 2 heteroatoms. The predicted molar refractivity (Wildman–Crippen MR) is 196 cm³/mol. The third-order valence-electron chi connectivity index (χ3n) is 8.49.